The van der Waals surface area contributed by atoms with Crippen LogP contribution in [0, 0.1) is 0 Å². The van der Waals surface area contributed by atoms with Crippen molar-refractivity contribution >= 4 is 29.1 Å². The maximum atomic E-state index is 10.1. The van der Waals surface area contributed by atoms with Crippen LogP contribution in [0.4, 0.5) is 5.69 Å². The molecular formula is C25H27ClN2OS. The Balaban J connectivity index is 1.55. The van der Waals surface area contributed by atoms with Crippen molar-refractivity contribution in [3.05, 3.63) is 76.9 Å². The van der Waals surface area contributed by atoms with Gasteiger partial charge in [-0.1, -0.05) is 67.5 Å². The standard InChI is InChI=1S/C25H27ClN2OS/c1-17(2)21-6-3-4-7-22(21)18-9-10-24(19(14-18)16-29)28-13-11-20(15-28)30-25-23(26)8-5-12-27-25/h3-10,12,14,17,20,29H,11,13,15-16H2,1-2H3/t20-/m0/s1. The molecule has 1 aliphatic rings. The average molecular weight is 439 g/mol. The molecule has 3 nitrogen and oxygen atoms in total. The predicted octanol–water partition coefficient (Wildman–Crippen LogP) is 6.39. The largest absolute Gasteiger partial charge is 0.392 e. The number of pyridine rings is 1. The Bertz CT molecular complexity index is 1020. The highest BCUT2D eigenvalue weighted by molar-refractivity contribution is 8.00. The summed E-state index contributed by atoms with van der Waals surface area (Å²) in [5.41, 5.74) is 5.84. The van der Waals surface area contributed by atoms with Gasteiger partial charge in [0.15, 0.2) is 0 Å². The molecule has 1 saturated heterocycles. The number of nitrogens with zero attached hydrogens (tertiary/aromatic N) is 2. The van der Waals surface area contributed by atoms with Crippen LogP contribution in [0.25, 0.3) is 11.1 Å². The summed E-state index contributed by atoms with van der Waals surface area (Å²) in [6, 6.07) is 18.8. The second-order valence-electron chi connectivity index (χ2n) is 8.01. The Hall–Kier alpha value is -2.01. The lowest BCUT2D eigenvalue weighted by Crippen LogP contribution is -2.21. The first-order valence-corrected chi connectivity index (χ1v) is 11.7. The molecule has 156 valence electrons. The molecule has 1 aromatic heterocycles. The molecule has 2 aromatic carbocycles. The number of benzene rings is 2. The molecule has 5 heteroatoms. The quantitative estimate of drug-likeness (QED) is 0.483. The summed E-state index contributed by atoms with van der Waals surface area (Å²) in [5, 5.41) is 12.2. The van der Waals surface area contributed by atoms with Crippen LogP contribution in [0.3, 0.4) is 0 Å². The van der Waals surface area contributed by atoms with Crippen molar-refractivity contribution in [2.45, 2.75) is 43.1 Å². The second kappa shape index (κ2) is 9.42. The molecule has 0 radical (unpaired) electrons. The third-order valence-corrected chi connectivity index (χ3v) is 7.32. The van der Waals surface area contributed by atoms with E-state index in [2.05, 4.69) is 66.2 Å². The maximum absolute atomic E-state index is 10.1. The van der Waals surface area contributed by atoms with Gasteiger partial charge in [-0.25, -0.2) is 4.98 Å². The van der Waals surface area contributed by atoms with E-state index in [1.165, 1.54) is 11.1 Å². The van der Waals surface area contributed by atoms with Crippen LogP contribution in [-0.2, 0) is 6.61 Å². The Morgan fingerprint density at radius 1 is 1.17 bits per heavy atom. The van der Waals surface area contributed by atoms with Gasteiger partial charge in [0.2, 0.25) is 0 Å². The van der Waals surface area contributed by atoms with Crippen LogP contribution >= 0.6 is 23.4 Å². The van der Waals surface area contributed by atoms with E-state index in [1.54, 1.807) is 18.0 Å². The van der Waals surface area contributed by atoms with Gasteiger partial charge in [0, 0.05) is 35.8 Å². The number of hydrogen-bond acceptors (Lipinski definition) is 4. The summed E-state index contributed by atoms with van der Waals surface area (Å²) in [6.07, 6.45) is 2.86. The molecule has 0 aliphatic carbocycles. The normalized spacial score (nSPS) is 16.4. The van der Waals surface area contributed by atoms with Gasteiger partial charge in [-0.15, -0.1) is 0 Å². The van der Waals surface area contributed by atoms with Gasteiger partial charge in [-0.2, -0.15) is 0 Å². The minimum absolute atomic E-state index is 0.0351. The third-order valence-electron chi connectivity index (χ3n) is 5.63. The van der Waals surface area contributed by atoms with Crippen molar-refractivity contribution in [3.63, 3.8) is 0 Å². The zero-order valence-corrected chi connectivity index (χ0v) is 19.0. The lowest BCUT2D eigenvalue weighted by atomic mass is 9.91. The Labute approximate surface area is 188 Å². The van der Waals surface area contributed by atoms with Gasteiger partial charge in [0.1, 0.15) is 5.03 Å². The molecule has 1 fully saturated rings. The minimum Gasteiger partial charge on any atom is -0.392 e. The van der Waals surface area contributed by atoms with Crippen LogP contribution in [0.2, 0.25) is 5.02 Å². The molecule has 1 atom stereocenters. The van der Waals surface area contributed by atoms with Crippen LogP contribution in [0.15, 0.2) is 65.8 Å². The fraction of sp³-hybridized carbons (Fsp3) is 0.320. The smallest absolute Gasteiger partial charge is 0.115 e. The highest BCUT2D eigenvalue weighted by atomic mass is 35.5. The second-order valence-corrected chi connectivity index (χ2v) is 9.70. The molecule has 0 unspecified atom stereocenters. The van der Waals surface area contributed by atoms with E-state index >= 15 is 0 Å². The summed E-state index contributed by atoms with van der Waals surface area (Å²) in [6.45, 7) is 6.36. The Morgan fingerprint density at radius 3 is 2.77 bits per heavy atom. The zero-order chi connectivity index (χ0) is 21.1. The van der Waals surface area contributed by atoms with Crippen LogP contribution in [0.5, 0.6) is 0 Å². The van der Waals surface area contributed by atoms with Crippen molar-refractivity contribution in [3.8, 4) is 11.1 Å². The molecule has 1 N–H and O–H groups in total. The van der Waals surface area contributed by atoms with E-state index in [9.17, 15) is 5.11 Å². The van der Waals surface area contributed by atoms with E-state index in [1.807, 2.05) is 12.1 Å². The molecular weight excluding hydrogens is 412 g/mol. The van der Waals surface area contributed by atoms with Crippen molar-refractivity contribution in [2.24, 2.45) is 0 Å². The molecule has 0 spiro atoms. The number of hydrogen-bond donors (Lipinski definition) is 1. The number of thioether (sulfide) groups is 1. The van der Waals surface area contributed by atoms with Crippen LogP contribution < -0.4 is 4.90 Å². The first kappa shape index (κ1) is 21.2. The fourth-order valence-corrected chi connectivity index (χ4v) is 5.46. The Morgan fingerprint density at radius 2 is 2.00 bits per heavy atom. The summed E-state index contributed by atoms with van der Waals surface area (Å²) in [7, 11) is 0. The summed E-state index contributed by atoms with van der Waals surface area (Å²) >= 11 is 8.03. The summed E-state index contributed by atoms with van der Waals surface area (Å²) in [4.78, 5) is 6.79. The van der Waals surface area contributed by atoms with Gasteiger partial charge in [-0.05, 0) is 53.3 Å². The number of aliphatic hydroxyl groups excluding tert-OH is 1. The molecule has 0 amide bonds. The number of rotatable bonds is 6. The summed E-state index contributed by atoms with van der Waals surface area (Å²) < 4.78 is 0. The van der Waals surface area contributed by atoms with E-state index < -0.39 is 0 Å². The number of anilines is 1. The maximum Gasteiger partial charge on any atom is 0.115 e. The lowest BCUT2D eigenvalue weighted by Gasteiger charge is -2.23. The lowest BCUT2D eigenvalue weighted by molar-refractivity contribution is 0.282. The molecule has 2 heterocycles. The molecule has 1 aliphatic heterocycles. The molecule has 30 heavy (non-hydrogen) atoms. The van der Waals surface area contributed by atoms with E-state index in [0.29, 0.717) is 16.2 Å². The molecule has 0 saturated carbocycles. The van der Waals surface area contributed by atoms with Gasteiger partial charge in [-0.3, -0.25) is 0 Å². The van der Waals surface area contributed by atoms with E-state index in [-0.39, 0.29) is 6.61 Å². The van der Waals surface area contributed by atoms with Crippen LogP contribution in [-0.4, -0.2) is 28.4 Å². The van der Waals surface area contributed by atoms with Gasteiger partial charge >= 0.3 is 0 Å². The molecule has 3 aromatic rings. The first-order chi connectivity index (χ1) is 14.6. The highest BCUT2D eigenvalue weighted by Gasteiger charge is 2.26. The molecule has 4 rings (SSSR count). The van der Waals surface area contributed by atoms with Crippen molar-refractivity contribution in [1.82, 2.24) is 4.98 Å². The fourth-order valence-electron chi connectivity index (χ4n) is 4.11. The zero-order valence-electron chi connectivity index (χ0n) is 17.4. The van der Waals surface area contributed by atoms with Crippen molar-refractivity contribution in [2.75, 3.05) is 18.0 Å². The third kappa shape index (κ3) is 4.51. The monoisotopic (exact) mass is 438 g/mol. The number of aromatic nitrogens is 1. The average Bonchev–Trinajstić information content (AvgIpc) is 3.23. The minimum atomic E-state index is 0.0351. The van der Waals surface area contributed by atoms with E-state index in [0.717, 1.165) is 41.4 Å². The van der Waals surface area contributed by atoms with Crippen LogP contribution in [0.1, 0.15) is 37.3 Å². The van der Waals surface area contributed by atoms with Crippen molar-refractivity contribution in [1.29, 1.82) is 0 Å². The molecule has 0 bridgehead atoms. The number of halogens is 1. The number of aliphatic hydroxyl groups is 1. The van der Waals surface area contributed by atoms with Gasteiger partial charge in [0.25, 0.3) is 0 Å². The predicted molar refractivity (Wildman–Crippen MR) is 128 cm³/mol. The Kier molecular flexibility index (Phi) is 6.67. The highest BCUT2D eigenvalue weighted by Crippen LogP contribution is 2.37. The van der Waals surface area contributed by atoms with Crippen molar-refractivity contribution < 1.29 is 5.11 Å². The van der Waals surface area contributed by atoms with Gasteiger partial charge < -0.3 is 10.0 Å². The van der Waals surface area contributed by atoms with E-state index in [4.69, 9.17) is 11.6 Å². The SMILES string of the molecule is CC(C)c1ccccc1-c1ccc(N2CC[C@H](Sc3ncccc3Cl)C2)c(CO)c1. The topological polar surface area (TPSA) is 36.4 Å². The summed E-state index contributed by atoms with van der Waals surface area (Å²) in [5.74, 6) is 0.452. The van der Waals surface area contributed by atoms with Gasteiger partial charge in [0.05, 0.1) is 11.6 Å². The first-order valence-electron chi connectivity index (χ1n) is 10.4.